The maximum absolute atomic E-state index is 14.2. The number of rotatable bonds is 5. The summed E-state index contributed by atoms with van der Waals surface area (Å²) in [5.41, 5.74) is 3.19. The second-order valence-electron chi connectivity index (χ2n) is 5.74. The summed E-state index contributed by atoms with van der Waals surface area (Å²) in [4.78, 5) is 20.3. The first kappa shape index (κ1) is 18.8. The number of methoxy groups -OCH3 is 1. The zero-order valence-electron chi connectivity index (χ0n) is 14.8. The van der Waals surface area contributed by atoms with E-state index in [1.165, 1.54) is 31.5 Å². The average molecular weight is 386 g/mol. The Kier molecular flexibility index (Phi) is 5.66. The molecule has 0 aliphatic carbocycles. The van der Waals surface area contributed by atoms with E-state index < -0.39 is 11.8 Å². The zero-order valence-corrected chi connectivity index (χ0v) is 15.5. The minimum Gasteiger partial charge on any atom is -0.465 e. The molecule has 3 rings (SSSR count). The smallest absolute Gasteiger partial charge is 0.341 e. The third kappa shape index (κ3) is 4.06. The summed E-state index contributed by atoms with van der Waals surface area (Å²) in [5.74, 6) is -0.917. The van der Waals surface area contributed by atoms with Crippen LogP contribution in [0.2, 0.25) is 5.02 Å². The summed E-state index contributed by atoms with van der Waals surface area (Å²) >= 11 is 6.00. The van der Waals surface area contributed by atoms with Crippen molar-refractivity contribution in [2.45, 2.75) is 13.3 Å². The van der Waals surface area contributed by atoms with Crippen LogP contribution >= 0.6 is 11.6 Å². The maximum Gasteiger partial charge on any atom is 0.341 e. The summed E-state index contributed by atoms with van der Waals surface area (Å²) in [6.07, 6.45) is 5.38. The topological polar surface area (TPSA) is 64.1 Å². The number of pyridine rings is 2. The number of carbonyl (C=O) groups excluding carboxylic acids is 1. The van der Waals surface area contributed by atoms with Crippen molar-refractivity contribution < 1.29 is 13.9 Å². The second-order valence-corrected chi connectivity index (χ2v) is 6.18. The molecule has 1 N–H and O–H groups in total. The molecule has 5 nitrogen and oxygen atoms in total. The lowest BCUT2D eigenvalue weighted by molar-refractivity contribution is 0.0601. The predicted octanol–water partition coefficient (Wildman–Crippen LogP) is 5.03. The van der Waals surface area contributed by atoms with E-state index in [0.717, 1.165) is 5.56 Å². The predicted molar refractivity (Wildman–Crippen MR) is 103 cm³/mol. The number of anilines is 2. The van der Waals surface area contributed by atoms with E-state index in [4.69, 9.17) is 16.3 Å². The van der Waals surface area contributed by atoms with Crippen molar-refractivity contribution >= 4 is 28.9 Å². The molecule has 0 bridgehead atoms. The van der Waals surface area contributed by atoms with Gasteiger partial charge in [-0.1, -0.05) is 18.5 Å². The fraction of sp³-hybridized carbons (Fsp3) is 0.150. The van der Waals surface area contributed by atoms with Crippen molar-refractivity contribution in [3.63, 3.8) is 0 Å². The highest BCUT2D eigenvalue weighted by Crippen LogP contribution is 2.30. The molecule has 0 atom stereocenters. The van der Waals surface area contributed by atoms with Gasteiger partial charge in [-0.15, -0.1) is 0 Å². The number of aryl methyl sites for hydroxylation is 1. The number of esters is 1. The lowest BCUT2D eigenvalue weighted by Crippen LogP contribution is -2.07. The van der Waals surface area contributed by atoms with E-state index in [2.05, 4.69) is 15.3 Å². The monoisotopic (exact) mass is 385 g/mol. The van der Waals surface area contributed by atoms with Crippen molar-refractivity contribution in [1.82, 2.24) is 9.97 Å². The number of hydrogen-bond donors (Lipinski definition) is 1. The highest BCUT2D eigenvalue weighted by atomic mass is 35.5. The third-order valence-corrected chi connectivity index (χ3v) is 4.30. The van der Waals surface area contributed by atoms with Gasteiger partial charge in [0.15, 0.2) is 0 Å². The van der Waals surface area contributed by atoms with Crippen LogP contribution in [-0.2, 0) is 11.2 Å². The Balaban J connectivity index is 2.06. The van der Waals surface area contributed by atoms with Gasteiger partial charge in [-0.25, -0.2) is 9.18 Å². The molecule has 0 fully saturated rings. The van der Waals surface area contributed by atoms with Crippen LogP contribution in [0, 0.1) is 5.82 Å². The van der Waals surface area contributed by atoms with Crippen LogP contribution in [0.5, 0.6) is 0 Å². The van der Waals surface area contributed by atoms with Gasteiger partial charge in [0.25, 0.3) is 0 Å². The first-order valence-corrected chi connectivity index (χ1v) is 8.65. The van der Waals surface area contributed by atoms with Gasteiger partial charge in [0.05, 0.1) is 18.5 Å². The first-order valence-electron chi connectivity index (χ1n) is 8.27. The highest BCUT2D eigenvalue weighted by molar-refractivity contribution is 6.30. The minimum atomic E-state index is -0.501. The molecule has 2 aromatic heterocycles. The number of ether oxygens (including phenoxy) is 1. The van der Waals surface area contributed by atoms with Crippen molar-refractivity contribution in [2.24, 2.45) is 0 Å². The molecular weight excluding hydrogens is 369 g/mol. The van der Waals surface area contributed by atoms with Crippen molar-refractivity contribution in [3.05, 3.63) is 70.9 Å². The molecule has 2 heterocycles. The van der Waals surface area contributed by atoms with Crippen LogP contribution in [-0.4, -0.2) is 23.0 Å². The van der Waals surface area contributed by atoms with Crippen molar-refractivity contribution in [1.29, 1.82) is 0 Å². The van der Waals surface area contributed by atoms with Crippen LogP contribution in [0.1, 0.15) is 22.8 Å². The number of carbonyl (C=O) groups is 1. The average Bonchev–Trinajstić information content (AvgIpc) is 2.69. The second kappa shape index (κ2) is 8.14. The van der Waals surface area contributed by atoms with E-state index in [0.29, 0.717) is 39.6 Å². The molecule has 1 aromatic carbocycles. The van der Waals surface area contributed by atoms with E-state index >= 15 is 0 Å². The summed E-state index contributed by atoms with van der Waals surface area (Å²) in [7, 11) is 1.31. The van der Waals surface area contributed by atoms with Gasteiger partial charge >= 0.3 is 5.97 Å². The Hall–Kier alpha value is -2.99. The Morgan fingerprint density at radius 1 is 1.22 bits per heavy atom. The summed E-state index contributed by atoms with van der Waals surface area (Å²) in [6.45, 7) is 1.98. The largest absolute Gasteiger partial charge is 0.465 e. The standard InChI is InChI=1S/C20H17ClFN3O2/c1-3-12-10-24-19(14-8-13(21)4-5-16(14)22)9-18(12)25-17-6-7-23-11-15(17)20(26)27-2/h4-11H,3H2,1-2H3,(H,23,24,25). The zero-order chi connectivity index (χ0) is 19.4. The Morgan fingerprint density at radius 2 is 2.04 bits per heavy atom. The molecule has 0 saturated heterocycles. The van der Waals surface area contributed by atoms with Gasteiger partial charge in [-0.3, -0.25) is 9.97 Å². The molecule has 138 valence electrons. The van der Waals surface area contributed by atoms with Crippen molar-refractivity contribution in [3.8, 4) is 11.3 Å². The Bertz CT molecular complexity index is 995. The lowest BCUT2D eigenvalue weighted by Gasteiger charge is -2.15. The molecule has 0 saturated carbocycles. The summed E-state index contributed by atoms with van der Waals surface area (Å²) in [6, 6.07) is 7.72. The molecule has 0 aliphatic heterocycles. The van der Waals surface area contributed by atoms with Crippen molar-refractivity contribution in [2.75, 3.05) is 12.4 Å². The molecule has 3 aromatic rings. The quantitative estimate of drug-likeness (QED) is 0.624. The lowest BCUT2D eigenvalue weighted by atomic mass is 10.1. The van der Waals surface area contributed by atoms with E-state index in [1.807, 2.05) is 6.92 Å². The molecule has 0 unspecified atom stereocenters. The summed E-state index contributed by atoms with van der Waals surface area (Å²) in [5, 5.41) is 3.64. The Morgan fingerprint density at radius 3 is 2.78 bits per heavy atom. The van der Waals surface area contributed by atoms with Gasteiger partial charge in [0.2, 0.25) is 0 Å². The van der Waals surface area contributed by atoms with Crippen LogP contribution in [0.3, 0.4) is 0 Å². The molecule has 27 heavy (non-hydrogen) atoms. The molecule has 7 heteroatoms. The van der Waals surface area contributed by atoms with Gasteiger partial charge < -0.3 is 10.1 Å². The third-order valence-electron chi connectivity index (χ3n) is 4.07. The van der Waals surface area contributed by atoms with Crippen LogP contribution in [0.25, 0.3) is 11.3 Å². The summed E-state index contributed by atoms with van der Waals surface area (Å²) < 4.78 is 19.0. The number of benzene rings is 1. The maximum atomic E-state index is 14.2. The fourth-order valence-corrected chi connectivity index (χ4v) is 2.82. The minimum absolute atomic E-state index is 0.300. The number of hydrogen-bond acceptors (Lipinski definition) is 5. The number of nitrogens with zero attached hydrogens (tertiary/aromatic N) is 2. The molecule has 0 aliphatic rings. The van der Waals surface area contributed by atoms with Gasteiger partial charge in [-0.05, 0) is 42.3 Å². The normalized spacial score (nSPS) is 10.5. The van der Waals surface area contributed by atoms with Gasteiger partial charge in [-0.2, -0.15) is 0 Å². The van der Waals surface area contributed by atoms with Crippen LogP contribution < -0.4 is 5.32 Å². The van der Waals surface area contributed by atoms with Gasteiger partial charge in [0, 0.05) is 34.9 Å². The first-order chi connectivity index (χ1) is 13.0. The van der Waals surface area contributed by atoms with E-state index in [1.54, 1.807) is 24.5 Å². The van der Waals surface area contributed by atoms with Gasteiger partial charge in [0.1, 0.15) is 11.4 Å². The highest BCUT2D eigenvalue weighted by Gasteiger charge is 2.15. The SMILES string of the molecule is CCc1cnc(-c2cc(Cl)ccc2F)cc1Nc1ccncc1C(=O)OC. The van der Waals surface area contributed by atoms with Crippen LogP contribution in [0.4, 0.5) is 15.8 Å². The van der Waals surface area contributed by atoms with E-state index in [9.17, 15) is 9.18 Å². The van der Waals surface area contributed by atoms with E-state index in [-0.39, 0.29) is 0 Å². The molecule has 0 radical (unpaired) electrons. The molecule has 0 spiro atoms. The van der Waals surface area contributed by atoms with Crippen LogP contribution in [0.15, 0.2) is 48.9 Å². The Labute approximate surface area is 161 Å². The number of halogens is 2. The molecular formula is C20H17ClFN3O2. The number of aromatic nitrogens is 2. The molecule has 0 amide bonds. The number of nitrogens with one attached hydrogen (secondary N) is 1. The fourth-order valence-electron chi connectivity index (χ4n) is 2.64.